The van der Waals surface area contributed by atoms with Gasteiger partial charge in [0.15, 0.2) is 0 Å². The van der Waals surface area contributed by atoms with Gasteiger partial charge in [-0.15, -0.1) is 0 Å². The van der Waals surface area contributed by atoms with Crippen molar-refractivity contribution in [2.24, 2.45) is 5.73 Å². The minimum atomic E-state index is -3.10. The molecule has 1 aliphatic heterocycles. The number of nitrogens with zero attached hydrogens (tertiary/aromatic N) is 1. The highest BCUT2D eigenvalue weighted by Crippen LogP contribution is 2.22. The van der Waals surface area contributed by atoms with E-state index in [0.717, 1.165) is 0 Å². The summed E-state index contributed by atoms with van der Waals surface area (Å²) in [6.45, 7) is 2.58. The van der Waals surface area contributed by atoms with Crippen LogP contribution in [0.3, 0.4) is 0 Å². The van der Waals surface area contributed by atoms with Crippen LogP contribution in [0.5, 0.6) is 0 Å². The van der Waals surface area contributed by atoms with Gasteiger partial charge in [0.1, 0.15) is 0 Å². The molecule has 1 aliphatic rings. The Morgan fingerprint density at radius 2 is 1.93 bits per heavy atom. The van der Waals surface area contributed by atoms with Crippen LogP contribution < -0.4 is 5.73 Å². The van der Waals surface area contributed by atoms with Crippen LogP contribution in [0.1, 0.15) is 19.8 Å². The predicted octanol–water partition coefficient (Wildman–Crippen LogP) is -0.878. The third-order valence-electron chi connectivity index (χ3n) is 2.79. The molecule has 0 radical (unpaired) electrons. The maximum atomic E-state index is 11.5. The molecule has 0 aromatic heterocycles. The van der Waals surface area contributed by atoms with E-state index in [1.165, 1.54) is 4.31 Å². The minimum Gasteiger partial charge on any atom is -0.388 e. The van der Waals surface area contributed by atoms with Gasteiger partial charge in [-0.1, -0.05) is 0 Å². The Morgan fingerprint density at radius 3 is 2.29 bits per heavy atom. The summed E-state index contributed by atoms with van der Waals surface area (Å²) in [6, 6.07) is 0. The third kappa shape index (κ3) is 2.44. The second kappa shape index (κ2) is 4.14. The summed E-state index contributed by atoms with van der Waals surface area (Å²) in [5.41, 5.74) is 4.55. The number of rotatable bonds is 3. The lowest BCUT2D eigenvalue weighted by Crippen LogP contribution is -2.50. The smallest absolute Gasteiger partial charge is 0.213 e. The van der Waals surface area contributed by atoms with E-state index in [4.69, 9.17) is 5.73 Å². The molecule has 0 aliphatic carbocycles. The van der Waals surface area contributed by atoms with Crippen LogP contribution in [0.15, 0.2) is 0 Å². The SMILES string of the molecule is CCS(=O)(=O)N1CCC(O)(CN)CC1. The molecule has 1 saturated heterocycles. The Bertz CT molecular complexity index is 281. The molecule has 6 heteroatoms. The molecule has 1 heterocycles. The first kappa shape index (κ1) is 11.9. The van der Waals surface area contributed by atoms with E-state index >= 15 is 0 Å². The second-order valence-corrected chi connectivity index (χ2v) is 5.99. The van der Waals surface area contributed by atoms with E-state index in [-0.39, 0.29) is 12.3 Å². The lowest BCUT2D eigenvalue weighted by molar-refractivity contribution is 0.00347. The molecule has 0 aromatic carbocycles. The lowest BCUT2D eigenvalue weighted by atomic mass is 9.93. The Morgan fingerprint density at radius 1 is 1.43 bits per heavy atom. The van der Waals surface area contributed by atoms with Gasteiger partial charge in [-0.3, -0.25) is 0 Å². The highest BCUT2D eigenvalue weighted by atomic mass is 32.2. The molecule has 5 nitrogen and oxygen atoms in total. The van der Waals surface area contributed by atoms with Crippen LogP contribution in [-0.4, -0.2) is 48.8 Å². The van der Waals surface area contributed by atoms with Crippen molar-refractivity contribution < 1.29 is 13.5 Å². The van der Waals surface area contributed by atoms with Crippen molar-refractivity contribution in [1.82, 2.24) is 4.31 Å². The number of sulfonamides is 1. The monoisotopic (exact) mass is 222 g/mol. The van der Waals surface area contributed by atoms with Gasteiger partial charge in [0.25, 0.3) is 0 Å². The van der Waals surface area contributed by atoms with Gasteiger partial charge in [-0.05, 0) is 19.8 Å². The van der Waals surface area contributed by atoms with E-state index < -0.39 is 15.6 Å². The number of nitrogens with two attached hydrogens (primary N) is 1. The molecule has 0 unspecified atom stereocenters. The molecule has 3 N–H and O–H groups in total. The molecule has 0 aromatic rings. The van der Waals surface area contributed by atoms with Crippen LogP contribution in [-0.2, 0) is 10.0 Å². The lowest BCUT2D eigenvalue weighted by Gasteiger charge is -2.36. The molecule has 1 fully saturated rings. The van der Waals surface area contributed by atoms with Crippen LogP contribution in [0.25, 0.3) is 0 Å². The summed E-state index contributed by atoms with van der Waals surface area (Å²) in [7, 11) is -3.10. The summed E-state index contributed by atoms with van der Waals surface area (Å²) in [6.07, 6.45) is 0.867. The van der Waals surface area contributed by atoms with Gasteiger partial charge < -0.3 is 10.8 Å². The maximum absolute atomic E-state index is 11.5. The number of piperidine rings is 1. The molecule has 0 spiro atoms. The normalized spacial score (nSPS) is 23.6. The van der Waals surface area contributed by atoms with Crippen molar-refractivity contribution in [2.45, 2.75) is 25.4 Å². The molecule has 14 heavy (non-hydrogen) atoms. The van der Waals surface area contributed by atoms with Gasteiger partial charge >= 0.3 is 0 Å². The fourth-order valence-electron chi connectivity index (χ4n) is 1.57. The van der Waals surface area contributed by atoms with Gasteiger partial charge in [-0.25, -0.2) is 12.7 Å². The maximum Gasteiger partial charge on any atom is 0.213 e. The van der Waals surface area contributed by atoms with Crippen LogP contribution >= 0.6 is 0 Å². The average Bonchev–Trinajstić information content (AvgIpc) is 2.19. The quantitative estimate of drug-likeness (QED) is 0.649. The number of hydrogen-bond acceptors (Lipinski definition) is 4. The highest BCUT2D eigenvalue weighted by molar-refractivity contribution is 7.89. The van der Waals surface area contributed by atoms with Gasteiger partial charge in [0.2, 0.25) is 10.0 Å². The molecule has 1 rings (SSSR count). The van der Waals surface area contributed by atoms with E-state index in [0.29, 0.717) is 25.9 Å². The van der Waals surface area contributed by atoms with Crippen molar-refractivity contribution in [3.63, 3.8) is 0 Å². The molecule has 0 bridgehead atoms. The van der Waals surface area contributed by atoms with E-state index in [9.17, 15) is 13.5 Å². The van der Waals surface area contributed by atoms with Crippen LogP contribution in [0.4, 0.5) is 0 Å². The van der Waals surface area contributed by atoms with E-state index in [2.05, 4.69) is 0 Å². The van der Waals surface area contributed by atoms with Crippen molar-refractivity contribution in [3.8, 4) is 0 Å². The van der Waals surface area contributed by atoms with Crippen molar-refractivity contribution >= 4 is 10.0 Å². The first-order valence-electron chi connectivity index (χ1n) is 4.84. The van der Waals surface area contributed by atoms with Crippen LogP contribution in [0.2, 0.25) is 0 Å². The Hall–Kier alpha value is -0.170. The first-order chi connectivity index (χ1) is 6.43. The van der Waals surface area contributed by atoms with Gasteiger partial charge in [-0.2, -0.15) is 0 Å². The Kier molecular flexibility index (Phi) is 3.52. The molecular weight excluding hydrogens is 204 g/mol. The zero-order valence-electron chi connectivity index (χ0n) is 8.44. The van der Waals surface area contributed by atoms with E-state index in [1.807, 2.05) is 0 Å². The molecule has 0 saturated carbocycles. The van der Waals surface area contributed by atoms with Gasteiger partial charge in [0.05, 0.1) is 11.4 Å². The fraction of sp³-hybridized carbons (Fsp3) is 1.00. The number of aliphatic hydroxyl groups is 1. The zero-order valence-corrected chi connectivity index (χ0v) is 9.26. The third-order valence-corrected chi connectivity index (χ3v) is 4.67. The number of hydrogen-bond donors (Lipinski definition) is 2. The Balaban J connectivity index is 2.60. The molecule has 0 atom stereocenters. The average molecular weight is 222 g/mol. The predicted molar refractivity (Wildman–Crippen MR) is 54.3 cm³/mol. The van der Waals surface area contributed by atoms with Crippen molar-refractivity contribution in [3.05, 3.63) is 0 Å². The Labute approximate surface area is 84.9 Å². The first-order valence-corrected chi connectivity index (χ1v) is 6.45. The summed E-state index contributed by atoms with van der Waals surface area (Å²) in [5.74, 6) is 0.119. The second-order valence-electron chi connectivity index (χ2n) is 3.73. The standard InChI is InChI=1S/C8H18N2O3S/c1-2-14(12,13)10-5-3-8(11,7-9)4-6-10/h11H,2-7,9H2,1H3. The van der Waals surface area contributed by atoms with Crippen LogP contribution in [0, 0.1) is 0 Å². The summed E-state index contributed by atoms with van der Waals surface area (Å²) in [5, 5.41) is 9.79. The fourth-order valence-corrected chi connectivity index (χ4v) is 2.67. The van der Waals surface area contributed by atoms with Crippen molar-refractivity contribution in [2.75, 3.05) is 25.4 Å². The summed E-state index contributed by atoms with van der Waals surface area (Å²) < 4.78 is 24.4. The molecular formula is C8H18N2O3S. The summed E-state index contributed by atoms with van der Waals surface area (Å²) >= 11 is 0. The summed E-state index contributed by atoms with van der Waals surface area (Å²) in [4.78, 5) is 0. The molecule has 0 amide bonds. The minimum absolute atomic E-state index is 0.119. The largest absolute Gasteiger partial charge is 0.388 e. The van der Waals surface area contributed by atoms with Crippen molar-refractivity contribution in [1.29, 1.82) is 0 Å². The topological polar surface area (TPSA) is 83.6 Å². The van der Waals surface area contributed by atoms with Gasteiger partial charge in [0, 0.05) is 19.6 Å². The highest BCUT2D eigenvalue weighted by Gasteiger charge is 2.34. The zero-order chi connectivity index (χ0) is 10.8. The van der Waals surface area contributed by atoms with E-state index in [1.54, 1.807) is 6.92 Å². The molecule has 84 valence electrons.